The van der Waals surface area contributed by atoms with Crippen molar-refractivity contribution < 1.29 is 28.6 Å². The van der Waals surface area contributed by atoms with E-state index >= 15 is 0 Å². The first kappa shape index (κ1) is 16.9. The van der Waals surface area contributed by atoms with E-state index < -0.39 is 18.2 Å². The lowest BCUT2D eigenvalue weighted by Crippen LogP contribution is -2.19. The van der Waals surface area contributed by atoms with Gasteiger partial charge < -0.3 is 24.3 Å². The number of carbonyl (C=O) groups excluding carboxylic acids is 1. The summed E-state index contributed by atoms with van der Waals surface area (Å²) in [5.74, 6) is -0.811. The van der Waals surface area contributed by atoms with E-state index in [4.69, 9.17) is 14.4 Å². The van der Waals surface area contributed by atoms with Crippen LogP contribution in [-0.4, -0.2) is 24.3 Å². The maximum Gasteiger partial charge on any atom is 0.513 e. The normalized spacial score (nSPS) is 11.2. The summed E-state index contributed by atoms with van der Waals surface area (Å²) in [4.78, 5) is 22.7. The highest BCUT2D eigenvalue weighted by Gasteiger charge is 2.26. The number of benzene rings is 1. The fourth-order valence-electron chi connectivity index (χ4n) is 1.92. The molecule has 2 aromatic rings. The van der Waals surface area contributed by atoms with Gasteiger partial charge in [0.05, 0.1) is 18.7 Å². The van der Waals surface area contributed by atoms with E-state index in [2.05, 4.69) is 10.1 Å². The number of aliphatic carboxylic acids is 1. The molecule has 0 spiro atoms. The Hall–Kier alpha value is -3.47. The van der Waals surface area contributed by atoms with E-state index in [1.54, 1.807) is 24.3 Å². The van der Waals surface area contributed by atoms with E-state index in [1.165, 1.54) is 13.0 Å². The molecule has 8 heteroatoms. The van der Waals surface area contributed by atoms with Crippen LogP contribution >= 0.6 is 0 Å². The second kappa shape index (κ2) is 7.19. The zero-order chi connectivity index (χ0) is 17.7. The third kappa shape index (κ3) is 3.84. The SMILES string of the molecule is COC(=O)Oc1cc(C(Nc2ccc(C#N)cc2)C(=O)O)oc1C. The third-order valence-electron chi connectivity index (χ3n) is 3.11. The molecule has 0 saturated heterocycles. The molecule has 124 valence electrons. The largest absolute Gasteiger partial charge is 0.513 e. The van der Waals surface area contributed by atoms with Crippen LogP contribution in [0.15, 0.2) is 34.7 Å². The van der Waals surface area contributed by atoms with Crippen LogP contribution in [0.3, 0.4) is 0 Å². The number of nitrogens with one attached hydrogen (secondary N) is 1. The van der Waals surface area contributed by atoms with Crippen molar-refractivity contribution in [3.63, 3.8) is 0 Å². The Morgan fingerprint density at radius 3 is 2.54 bits per heavy atom. The zero-order valence-corrected chi connectivity index (χ0v) is 12.9. The average Bonchev–Trinajstić information content (AvgIpc) is 2.93. The van der Waals surface area contributed by atoms with Crippen LogP contribution in [-0.2, 0) is 9.53 Å². The highest BCUT2D eigenvalue weighted by molar-refractivity contribution is 5.78. The summed E-state index contributed by atoms with van der Waals surface area (Å²) < 4.78 is 14.6. The summed E-state index contributed by atoms with van der Waals surface area (Å²) in [5.41, 5.74) is 0.945. The lowest BCUT2D eigenvalue weighted by molar-refractivity contribution is -0.138. The number of furan rings is 1. The second-order valence-corrected chi connectivity index (χ2v) is 4.73. The van der Waals surface area contributed by atoms with Gasteiger partial charge in [-0.3, -0.25) is 0 Å². The van der Waals surface area contributed by atoms with Crippen molar-refractivity contribution in [1.29, 1.82) is 5.26 Å². The minimum Gasteiger partial charge on any atom is -0.479 e. The van der Waals surface area contributed by atoms with Crippen LogP contribution in [0.25, 0.3) is 0 Å². The minimum absolute atomic E-state index is 0.0586. The lowest BCUT2D eigenvalue weighted by Gasteiger charge is -2.13. The Kier molecular flexibility index (Phi) is 5.06. The number of hydrogen-bond acceptors (Lipinski definition) is 7. The summed E-state index contributed by atoms with van der Waals surface area (Å²) in [5, 5.41) is 21.0. The van der Waals surface area contributed by atoms with Crippen molar-refractivity contribution in [2.75, 3.05) is 12.4 Å². The van der Waals surface area contributed by atoms with Crippen LogP contribution in [0.2, 0.25) is 0 Å². The van der Waals surface area contributed by atoms with Gasteiger partial charge in [-0.15, -0.1) is 0 Å². The second-order valence-electron chi connectivity index (χ2n) is 4.73. The molecule has 2 rings (SSSR count). The van der Waals surface area contributed by atoms with Crippen LogP contribution < -0.4 is 10.1 Å². The summed E-state index contributed by atoms with van der Waals surface area (Å²) in [6, 6.07) is 8.35. The van der Waals surface area contributed by atoms with Crippen molar-refractivity contribution in [2.24, 2.45) is 0 Å². The van der Waals surface area contributed by atoms with Gasteiger partial charge in [-0.1, -0.05) is 0 Å². The standard InChI is InChI=1S/C16H14N2O6/c1-9-12(24-16(21)22-2)7-13(23-9)14(15(19)20)18-11-5-3-10(8-17)4-6-11/h3-7,14,18H,1-2H3,(H,19,20). The predicted octanol–water partition coefficient (Wildman–Crippen LogP) is 2.84. The van der Waals surface area contributed by atoms with Crippen molar-refractivity contribution in [3.05, 3.63) is 47.4 Å². The molecule has 2 N–H and O–H groups in total. The fraction of sp³-hybridized carbons (Fsp3) is 0.188. The Morgan fingerprint density at radius 1 is 1.33 bits per heavy atom. The van der Waals surface area contributed by atoms with E-state index in [-0.39, 0.29) is 17.3 Å². The molecule has 1 heterocycles. The number of nitriles is 1. The Labute approximate surface area is 137 Å². The topological polar surface area (TPSA) is 122 Å². The maximum absolute atomic E-state index is 11.5. The molecule has 0 fully saturated rings. The number of rotatable bonds is 5. The Bertz CT molecular complexity index is 788. The smallest absolute Gasteiger partial charge is 0.479 e. The van der Waals surface area contributed by atoms with Crippen LogP contribution in [0.1, 0.15) is 23.1 Å². The van der Waals surface area contributed by atoms with Crippen molar-refractivity contribution in [3.8, 4) is 11.8 Å². The molecule has 0 aliphatic heterocycles. The number of hydrogen-bond donors (Lipinski definition) is 2. The molecule has 8 nitrogen and oxygen atoms in total. The van der Waals surface area contributed by atoms with Crippen LogP contribution in [0.4, 0.5) is 10.5 Å². The summed E-state index contributed by atoms with van der Waals surface area (Å²) in [7, 11) is 1.16. The molecule has 0 amide bonds. The highest BCUT2D eigenvalue weighted by Crippen LogP contribution is 2.29. The lowest BCUT2D eigenvalue weighted by atomic mass is 10.2. The van der Waals surface area contributed by atoms with Gasteiger partial charge in [0.2, 0.25) is 0 Å². The zero-order valence-electron chi connectivity index (χ0n) is 12.9. The number of anilines is 1. The minimum atomic E-state index is -1.20. The summed E-state index contributed by atoms with van der Waals surface area (Å²) in [6.07, 6.45) is -0.933. The molecule has 24 heavy (non-hydrogen) atoms. The summed E-state index contributed by atoms with van der Waals surface area (Å²) >= 11 is 0. The Balaban J connectivity index is 2.24. The molecule has 1 aromatic heterocycles. The van der Waals surface area contributed by atoms with Crippen molar-refractivity contribution in [1.82, 2.24) is 0 Å². The van der Waals surface area contributed by atoms with Gasteiger partial charge in [-0.25, -0.2) is 9.59 Å². The van der Waals surface area contributed by atoms with Gasteiger partial charge >= 0.3 is 12.1 Å². The Morgan fingerprint density at radius 2 is 2.00 bits per heavy atom. The molecule has 0 saturated carbocycles. The first-order chi connectivity index (χ1) is 11.4. The first-order valence-electron chi connectivity index (χ1n) is 6.80. The van der Waals surface area contributed by atoms with E-state index in [9.17, 15) is 14.7 Å². The highest BCUT2D eigenvalue weighted by atomic mass is 16.7. The number of carboxylic acid groups (broad SMARTS) is 1. The monoisotopic (exact) mass is 330 g/mol. The maximum atomic E-state index is 11.5. The first-order valence-corrected chi connectivity index (χ1v) is 6.80. The fourth-order valence-corrected chi connectivity index (χ4v) is 1.92. The van der Waals surface area contributed by atoms with Gasteiger partial charge in [0.15, 0.2) is 11.8 Å². The number of ether oxygens (including phenoxy) is 2. The number of carboxylic acids is 1. The molecule has 0 aliphatic rings. The quantitative estimate of drug-likeness (QED) is 0.802. The summed E-state index contributed by atoms with van der Waals surface area (Å²) in [6.45, 7) is 1.53. The van der Waals surface area contributed by atoms with Gasteiger partial charge in [0.25, 0.3) is 0 Å². The van der Waals surface area contributed by atoms with Gasteiger partial charge in [0, 0.05) is 11.8 Å². The van der Waals surface area contributed by atoms with Crippen molar-refractivity contribution in [2.45, 2.75) is 13.0 Å². The van der Waals surface area contributed by atoms with E-state index in [0.717, 1.165) is 7.11 Å². The van der Waals surface area contributed by atoms with Gasteiger partial charge in [-0.2, -0.15) is 5.26 Å². The number of carbonyl (C=O) groups is 2. The molecular formula is C16H14N2O6. The van der Waals surface area contributed by atoms with Gasteiger partial charge in [-0.05, 0) is 31.2 Å². The average molecular weight is 330 g/mol. The van der Waals surface area contributed by atoms with Crippen molar-refractivity contribution >= 4 is 17.8 Å². The van der Waals surface area contributed by atoms with E-state index in [1.807, 2.05) is 6.07 Å². The molecule has 1 aromatic carbocycles. The van der Waals surface area contributed by atoms with Crippen LogP contribution in [0.5, 0.6) is 5.75 Å². The number of methoxy groups -OCH3 is 1. The molecule has 1 unspecified atom stereocenters. The van der Waals surface area contributed by atoms with E-state index in [0.29, 0.717) is 11.3 Å². The number of aryl methyl sites for hydroxylation is 1. The molecular weight excluding hydrogens is 316 g/mol. The van der Waals surface area contributed by atoms with Gasteiger partial charge in [0.1, 0.15) is 11.5 Å². The molecule has 0 radical (unpaired) electrons. The third-order valence-corrected chi connectivity index (χ3v) is 3.11. The molecule has 1 atom stereocenters. The molecule has 0 aliphatic carbocycles. The molecule has 0 bridgehead atoms. The number of nitrogens with zero attached hydrogens (tertiary/aromatic N) is 1. The predicted molar refractivity (Wildman–Crippen MR) is 81.6 cm³/mol. The van der Waals surface area contributed by atoms with Crippen LogP contribution in [0, 0.1) is 18.3 Å².